The molecule has 0 aromatic rings. The predicted molar refractivity (Wildman–Crippen MR) is 121 cm³/mol. The number of esters is 1. The van der Waals surface area contributed by atoms with E-state index >= 15 is 0 Å². The molecule has 0 aromatic heterocycles. The van der Waals surface area contributed by atoms with Crippen LogP contribution in [-0.2, 0) is 14.3 Å². The number of carbonyl (C=O) groups excluding carboxylic acids is 1. The van der Waals surface area contributed by atoms with Gasteiger partial charge in [-0.2, -0.15) is 0 Å². The van der Waals surface area contributed by atoms with Crippen molar-refractivity contribution in [3.63, 3.8) is 0 Å². The molecule has 1 N–H and O–H groups in total. The molecule has 0 aromatic carbocycles. The second-order valence-electron chi connectivity index (χ2n) is 8.67. The largest absolute Gasteiger partial charge is 0.463 e. The van der Waals surface area contributed by atoms with Gasteiger partial charge in [0, 0.05) is 30.2 Å². The van der Waals surface area contributed by atoms with Gasteiger partial charge in [0.05, 0.1) is 24.9 Å². The lowest BCUT2D eigenvalue weighted by Crippen LogP contribution is -2.62. The molecule has 0 radical (unpaired) electrons. The number of nitrogens with one attached hydrogen (secondary N) is 1. The molecule has 0 aliphatic heterocycles. The van der Waals surface area contributed by atoms with Crippen molar-refractivity contribution in [2.75, 3.05) is 19.7 Å². The molecule has 166 valence electrons. The molecule has 0 amide bonds. The highest BCUT2D eigenvalue weighted by Gasteiger charge is 2.41. The fourth-order valence-electron chi connectivity index (χ4n) is 3.86. The van der Waals surface area contributed by atoms with E-state index in [4.69, 9.17) is 9.47 Å². The van der Waals surface area contributed by atoms with Crippen molar-refractivity contribution in [1.29, 1.82) is 0 Å². The first-order chi connectivity index (χ1) is 13.7. The lowest BCUT2D eigenvalue weighted by atomic mass is 9.85. The summed E-state index contributed by atoms with van der Waals surface area (Å²) in [6.07, 6.45) is 8.20. The van der Waals surface area contributed by atoms with Crippen LogP contribution in [0.1, 0.15) is 60.8 Å². The number of rotatable bonds is 12. The molecular formula is C24H42N2O3. The van der Waals surface area contributed by atoms with Gasteiger partial charge in [-0.1, -0.05) is 26.0 Å². The maximum Gasteiger partial charge on any atom is 0.333 e. The number of hydrogen-bond acceptors (Lipinski definition) is 5. The molecule has 0 fully saturated rings. The first kappa shape index (κ1) is 25.6. The highest BCUT2D eigenvalue weighted by Crippen LogP contribution is 2.29. The van der Waals surface area contributed by atoms with E-state index in [0.29, 0.717) is 31.7 Å². The van der Waals surface area contributed by atoms with Crippen LogP contribution < -0.4 is 5.32 Å². The zero-order valence-corrected chi connectivity index (χ0v) is 19.4. The van der Waals surface area contributed by atoms with Crippen LogP contribution in [0.3, 0.4) is 0 Å². The van der Waals surface area contributed by atoms with Gasteiger partial charge >= 0.3 is 5.97 Å². The second kappa shape index (κ2) is 12.3. The Labute approximate surface area is 178 Å². The summed E-state index contributed by atoms with van der Waals surface area (Å²) in [5.74, 6) is -0.248. The van der Waals surface area contributed by atoms with E-state index in [9.17, 15) is 4.79 Å². The summed E-state index contributed by atoms with van der Waals surface area (Å²) < 4.78 is 11.8. The highest BCUT2D eigenvalue weighted by molar-refractivity contribution is 5.89. The third-order valence-corrected chi connectivity index (χ3v) is 5.16. The molecular weight excluding hydrogens is 364 g/mol. The van der Waals surface area contributed by atoms with Crippen LogP contribution in [0.15, 0.2) is 37.0 Å². The molecule has 0 saturated heterocycles. The van der Waals surface area contributed by atoms with Crippen molar-refractivity contribution in [3.05, 3.63) is 37.0 Å². The third kappa shape index (κ3) is 8.07. The first-order valence-corrected chi connectivity index (χ1v) is 11.0. The summed E-state index contributed by atoms with van der Waals surface area (Å²) in [7, 11) is 0. The minimum atomic E-state index is -0.248. The molecule has 5 nitrogen and oxygen atoms in total. The van der Waals surface area contributed by atoms with Gasteiger partial charge in [0.2, 0.25) is 0 Å². The highest BCUT2D eigenvalue weighted by atomic mass is 16.5. The quantitative estimate of drug-likeness (QED) is 0.388. The molecule has 29 heavy (non-hydrogen) atoms. The molecule has 0 bridgehead atoms. The molecule has 1 rings (SSSR count). The van der Waals surface area contributed by atoms with Crippen LogP contribution in [0.2, 0.25) is 0 Å². The summed E-state index contributed by atoms with van der Waals surface area (Å²) in [5.41, 5.74) is 0.597. The lowest BCUT2D eigenvalue weighted by molar-refractivity contribution is -0.139. The summed E-state index contributed by atoms with van der Waals surface area (Å²) in [6.45, 7) is 22.2. The van der Waals surface area contributed by atoms with Crippen molar-refractivity contribution < 1.29 is 14.3 Å². The van der Waals surface area contributed by atoms with E-state index in [0.717, 1.165) is 12.8 Å². The standard InChI is InChI=1S/C24H42N2O3/c1-9-14-26(15-10-2)20-16-18(23(27)28-13-5)17-21(29-19(11-3)12-4)22(20)25-24(6,7)8/h9-10,17,19-22,25H,1-2,11-16H2,3-8H3/t20-,21+,22+/m1/s1. The van der Waals surface area contributed by atoms with E-state index < -0.39 is 0 Å². The fraction of sp³-hybridized carbons (Fsp3) is 0.708. The molecule has 5 heteroatoms. The molecule has 0 heterocycles. The number of ether oxygens (including phenoxy) is 2. The maximum absolute atomic E-state index is 12.6. The molecule has 1 aliphatic carbocycles. The van der Waals surface area contributed by atoms with Gasteiger partial charge in [-0.15, -0.1) is 13.2 Å². The first-order valence-electron chi connectivity index (χ1n) is 11.0. The Morgan fingerprint density at radius 3 is 2.28 bits per heavy atom. The molecule has 0 spiro atoms. The topological polar surface area (TPSA) is 50.8 Å². The van der Waals surface area contributed by atoms with Crippen LogP contribution in [0, 0.1) is 0 Å². The van der Waals surface area contributed by atoms with Crippen molar-refractivity contribution in [3.8, 4) is 0 Å². The minimum Gasteiger partial charge on any atom is -0.463 e. The maximum atomic E-state index is 12.6. The number of carbonyl (C=O) groups is 1. The van der Waals surface area contributed by atoms with Crippen LogP contribution in [-0.4, -0.2) is 60.4 Å². The van der Waals surface area contributed by atoms with E-state index in [1.54, 1.807) is 0 Å². The lowest BCUT2D eigenvalue weighted by Gasteiger charge is -2.45. The number of nitrogens with zero attached hydrogens (tertiary/aromatic N) is 1. The molecule has 3 atom stereocenters. The zero-order valence-electron chi connectivity index (χ0n) is 19.4. The van der Waals surface area contributed by atoms with E-state index in [2.05, 4.69) is 58.0 Å². The molecule has 1 aliphatic rings. The smallest absolute Gasteiger partial charge is 0.333 e. The molecule has 0 unspecified atom stereocenters. The zero-order chi connectivity index (χ0) is 22.0. The Morgan fingerprint density at radius 1 is 1.24 bits per heavy atom. The Morgan fingerprint density at radius 2 is 1.83 bits per heavy atom. The fourth-order valence-corrected chi connectivity index (χ4v) is 3.86. The predicted octanol–water partition coefficient (Wildman–Crippen LogP) is 4.25. The van der Waals surface area contributed by atoms with Gasteiger partial charge in [0.25, 0.3) is 0 Å². The van der Waals surface area contributed by atoms with E-state index in [-0.39, 0.29) is 35.8 Å². The van der Waals surface area contributed by atoms with E-state index in [1.165, 1.54) is 0 Å². The summed E-state index contributed by atoms with van der Waals surface area (Å²) in [4.78, 5) is 14.9. The van der Waals surface area contributed by atoms with Gasteiger partial charge in [0.1, 0.15) is 0 Å². The second-order valence-corrected chi connectivity index (χ2v) is 8.67. The van der Waals surface area contributed by atoms with Gasteiger partial charge in [-0.25, -0.2) is 4.79 Å². The minimum absolute atomic E-state index is 0.0358. The molecule has 0 saturated carbocycles. The summed E-state index contributed by atoms with van der Waals surface area (Å²) in [5, 5.41) is 3.77. The van der Waals surface area contributed by atoms with Gasteiger partial charge in [-0.05, 0) is 53.0 Å². The summed E-state index contributed by atoms with van der Waals surface area (Å²) in [6, 6.07) is 0.0997. The number of hydrogen-bond donors (Lipinski definition) is 1. The van der Waals surface area contributed by atoms with Gasteiger partial charge < -0.3 is 14.8 Å². The van der Waals surface area contributed by atoms with Crippen molar-refractivity contribution in [1.82, 2.24) is 10.2 Å². The summed E-state index contributed by atoms with van der Waals surface area (Å²) >= 11 is 0. The Hall–Kier alpha value is -1.43. The van der Waals surface area contributed by atoms with Crippen LogP contribution in [0.25, 0.3) is 0 Å². The third-order valence-electron chi connectivity index (χ3n) is 5.16. The van der Waals surface area contributed by atoms with Crippen LogP contribution >= 0.6 is 0 Å². The van der Waals surface area contributed by atoms with Crippen LogP contribution in [0.5, 0.6) is 0 Å². The van der Waals surface area contributed by atoms with Crippen molar-refractivity contribution in [2.24, 2.45) is 0 Å². The van der Waals surface area contributed by atoms with Crippen molar-refractivity contribution >= 4 is 5.97 Å². The Kier molecular flexibility index (Phi) is 10.9. The average molecular weight is 407 g/mol. The SMILES string of the molecule is C=CCN(CC=C)[C@@H]1CC(C(=O)OCC)=C[C@H](OC(CC)CC)[C@H]1NC(C)(C)C. The normalized spacial score (nSPS) is 22.5. The van der Waals surface area contributed by atoms with Gasteiger partial charge in [-0.3, -0.25) is 4.90 Å². The van der Waals surface area contributed by atoms with Gasteiger partial charge in [0.15, 0.2) is 0 Å². The van der Waals surface area contributed by atoms with Crippen LogP contribution in [0.4, 0.5) is 0 Å². The monoisotopic (exact) mass is 406 g/mol. The van der Waals surface area contributed by atoms with E-state index in [1.807, 2.05) is 25.2 Å². The van der Waals surface area contributed by atoms with Crippen molar-refractivity contribution in [2.45, 2.75) is 90.6 Å². The Balaban J connectivity index is 3.39. The Bertz CT molecular complexity index is 551. The average Bonchev–Trinajstić information content (AvgIpc) is 2.65.